The fourth-order valence-electron chi connectivity index (χ4n) is 2.87. The van der Waals surface area contributed by atoms with E-state index in [9.17, 15) is 13.6 Å². The molecule has 29 heavy (non-hydrogen) atoms. The number of carbonyl (C=O) groups excluding carboxylic acids is 1. The summed E-state index contributed by atoms with van der Waals surface area (Å²) in [5, 5.41) is 0. The van der Waals surface area contributed by atoms with Crippen LogP contribution < -0.4 is 4.74 Å². The van der Waals surface area contributed by atoms with Gasteiger partial charge in [-0.25, -0.2) is 8.78 Å². The summed E-state index contributed by atoms with van der Waals surface area (Å²) < 4.78 is 37.4. The number of hydrogen-bond acceptors (Lipinski definition) is 3. The molecule has 2 aromatic carbocycles. The van der Waals surface area contributed by atoms with Gasteiger partial charge in [0.05, 0.1) is 5.83 Å². The normalized spacial score (nSPS) is 10.6. The molecular formula is C24H28F2O3. The molecule has 0 radical (unpaired) electrons. The third-order valence-corrected chi connectivity index (χ3v) is 4.46. The van der Waals surface area contributed by atoms with Gasteiger partial charge in [-0.3, -0.25) is 4.79 Å². The summed E-state index contributed by atoms with van der Waals surface area (Å²) in [5.74, 6) is 0.0969. The lowest BCUT2D eigenvalue weighted by Gasteiger charge is -2.09. The first kappa shape index (κ1) is 22.6. The van der Waals surface area contributed by atoms with Gasteiger partial charge in [0, 0.05) is 12.0 Å². The van der Waals surface area contributed by atoms with Crippen molar-refractivity contribution in [3.63, 3.8) is 0 Å². The number of hydrogen-bond donors (Lipinski definition) is 0. The second-order valence-corrected chi connectivity index (χ2v) is 6.97. The van der Waals surface area contributed by atoms with E-state index >= 15 is 0 Å². The molecule has 0 unspecified atom stereocenters. The molecule has 0 atom stereocenters. The molecule has 0 aliphatic carbocycles. The van der Waals surface area contributed by atoms with Crippen molar-refractivity contribution >= 4 is 5.97 Å². The summed E-state index contributed by atoms with van der Waals surface area (Å²) >= 11 is 0. The lowest BCUT2D eigenvalue weighted by Crippen LogP contribution is -2.05. The zero-order valence-electron chi connectivity index (χ0n) is 16.7. The maximum Gasteiger partial charge on any atom is 0.306 e. The predicted octanol–water partition coefficient (Wildman–Crippen LogP) is 7.27. The minimum atomic E-state index is -0.436. The molecule has 0 saturated heterocycles. The topological polar surface area (TPSA) is 35.5 Å². The van der Waals surface area contributed by atoms with Crippen LogP contribution in [0.5, 0.6) is 11.5 Å². The van der Waals surface area contributed by atoms with Crippen LogP contribution in [0.2, 0.25) is 0 Å². The van der Waals surface area contributed by atoms with Crippen LogP contribution >= 0.6 is 0 Å². The summed E-state index contributed by atoms with van der Waals surface area (Å²) in [7, 11) is 0. The molecule has 0 spiro atoms. The molecule has 5 heteroatoms. The van der Waals surface area contributed by atoms with Gasteiger partial charge < -0.3 is 9.47 Å². The highest BCUT2D eigenvalue weighted by atomic mass is 19.1. The van der Waals surface area contributed by atoms with E-state index in [1.54, 1.807) is 18.2 Å². The fourth-order valence-corrected chi connectivity index (χ4v) is 2.87. The van der Waals surface area contributed by atoms with Crippen molar-refractivity contribution in [1.29, 1.82) is 0 Å². The largest absolute Gasteiger partial charge is 0.461 e. The van der Waals surface area contributed by atoms with Crippen LogP contribution in [0.15, 0.2) is 60.9 Å². The van der Waals surface area contributed by atoms with E-state index in [0.717, 1.165) is 38.5 Å². The second kappa shape index (κ2) is 12.7. The van der Waals surface area contributed by atoms with E-state index < -0.39 is 5.82 Å². The van der Waals surface area contributed by atoms with Gasteiger partial charge in [0.2, 0.25) is 0 Å². The number of esters is 1. The van der Waals surface area contributed by atoms with Crippen LogP contribution in [0.4, 0.5) is 8.78 Å². The SMILES string of the molecule is C=C(F)CCCCCCCCC(=O)OCc1cc(Oc2ccccc2)ccc1F. The maximum atomic E-state index is 14.0. The first-order valence-electron chi connectivity index (χ1n) is 10.0. The Kier molecular flexibility index (Phi) is 9.90. The van der Waals surface area contributed by atoms with Crippen molar-refractivity contribution in [2.24, 2.45) is 0 Å². The van der Waals surface area contributed by atoms with Gasteiger partial charge in [-0.1, -0.05) is 50.5 Å². The lowest BCUT2D eigenvalue weighted by molar-refractivity contribution is -0.145. The highest BCUT2D eigenvalue weighted by Gasteiger charge is 2.09. The molecule has 0 N–H and O–H groups in total. The minimum Gasteiger partial charge on any atom is -0.461 e. The Morgan fingerprint density at radius 1 is 0.862 bits per heavy atom. The van der Waals surface area contributed by atoms with Gasteiger partial charge >= 0.3 is 5.97 Å². The van der Waals surface area contributed by atoms with Crippen LogP contribution in [0.3, 0.4) is 0 Å². The smallest absolute Gasteiger partial charge is 0.306 e. The lowest BCUT2D eigenvalue weighted by atomic mass is 10.1. The monoisotopic (exact) mass is 402 g/mol. The molecule has 2 aromatic rings. The number of allylic oxidation sites excluding steroid dienone is 1. The van der Waals surface area contributed by atoms with Crippen molar-refractivity contribution in [1.82, 2.24) is 0 Å². The summed E-state index contributed by atoms with van der Waals surface area (Å²) in [6.07, 6.45) is 6.18. The zero-order chi connectivity index (χ0) is 20.9. The Labute approximate surface area is 171 Å². The van der Waals surface area contributed by atoms with Gasteiger partial charge in [0.15, 0.2) is 0 Å². The molecular weight excluding hydrogens is 374 g/mol. The first-order valence-corrected chi connectivity index (χ1v) is 10.0. The standard InChI is InChI=1S/C24H28F2O3/c1-19(25)11-7-4-2-3-5-10-14-24(27)28-18-20-17-22(15-16-23(20)26)29-21-12-8-6-9-13-21/h6,8-9,12-13,15-17H,1-5,7,10-11,14,18H2. The number of halogens is 2. The highest BCUT2D eigenvalue weighted by Crippen LogP contribution is 2.24. The zero-order valence-corrected chi connectivity index (χ0v) is 16.7. The van der Waals surface area contributed by atoms with Gasteiger partial charge in [-0.05, 0) is 49.6 Å². The van der Waals surface area contributed by atoms with Crippen LogP contribution in [-0.4, -0.2) is 5.97 Å². The number of para-hydroxylation sites is 1. The fraction of sp³-hybridized carbons (Fsp3) is 0.375. The molecule has 0 saturated carbocycles. The third kappa shape index (κ3) is 9.37. The molecule has 0 heterocycles. The quantitative estimate of drug-likeness (QED) is 0.261. The van der Waals surface area contributed by atoms with Gasteiger partial charge in [0.1, 0.15) is 23.9 Å². The van der Waals surface area contributed by atoms with E-state index in [1.807, 2.05) is 18.2 Å². The molecule has 2 rings (SSSR count). The molecule has 0 amide bonds. The van der Waals surface area contributed by atoms with E-state index in [4.69, 9.17) is 9.47 Å². The molecule has 0 bridgehead atoms. The Balaban J connectivity index is 1.66. The maximum absolute atomic E-state index is 14.0. The molecule has 0 aliphatic rings. The number of carbonyl (C=O) groups is 1. The molecule has 3 nitrogen and oxygen atoms in total. The van der Waals surface area contributed by atoms with Crippen molar-refractivity contribution in [2.45, 2.75) is 58.0 Å². The van der Waals surface area contributed by atoms with E-state index in [-0.39, 0.29) is 24.0 Å². The Morgan fingerprint density at radius 3 is 2.21 bits per heavy atom. The summed E-state index contributed by atoms with van der Waals surface area (Å²) in [6, 6.07) is 13.6. The average Bonchev–Trinajstić information content (AvgIpc) is 2.71. The Morgan fingerprint density at radius 2 is 1.52 bits per heavy atom. The van der Waals surface area contributed by atoms with Crippen LogP contribution in [0, 0.1) is 5.82 Å². The minimum absolute atomic E-state index is 0.121. The van der Waals surface area contributed by atoms with Crippen molar-refractivity contribution in [3.8, 4) is 11.5 Å². The van der Waals surface area contributed by atoms with Crippen LogP contribution in [-0.2, 0) is 16.1 Å². The Hall–Kier alpha value is -2.69. The molecule has 156 valence electrons. The highest BCUT2D eigenvalue weighted by molar-refractivity contribution is 5.69. The average molecular weight is 402 g/mol. The second-order valence-electron chi connectivity index (χ2n) is 6.97. The summed E-state index contributed by atoms with van der Waals surface area (Å²) in [4.78, 5) is 11.9. The number of ether oxygens (including phenoxy) is 2. The van der Waals surface area contributed by atoms with Crippen LogP contribution in [0.25, 0.3) is 0 Å². The molecule has 0 fully saturated rings. The van der Waals surface area contributed by atoms with Crippen molar-refractivity contribution in [2.75, 3.05) is 0 Å². The van der Waals surface area contributed by atoms with Crippen LogP contribution in [0.1, 0.15) is 56.9 Å². The summed E-state index contributed by atoms with van der Waals surface area (Å²) in [6.45, 7) is 3.12. The van der Waals surface area contributed by atoms with E-state index in [2.05, 4.69) is 6.58 Å². The molecule has 0 aliphatic heterocycles. The van der Waals surface area contributed by atoms with Crippen molar-refractivity contribution in [3.05, 3.63) is 72.3 Å². The number of rotatable bonds is 13. The van der Waals surface area contributed by atoms with Gasteiger partial charge in [-0.15, -0.1) is 0 Å². The number of benzene rings is 2. The first-order chi connectivity index (χ1) is 14.0. The van der Waals surface area contributed by atoms with Crippen molar-refractivity contribution < 1.29 is 23.0 Å². The van der Waals surface area contributed by atoms with Gasteiger partial charge in [-0.2, -0.15) is 0 Å². The number of unbranched alkanes of at least 4 members (excludes halogenated alkanes) is 5. The molecule has 0 aromatic heterocycles. The third-order valence-electron chi connectivity index (χ3n) is 4.46. The van der Waals surface area contributed by atoms with Gasteiger partial charge in [0.25, 0.3) is 0 Å². The van der Waals surface area contributed by atoms with E-state index in [0.29, 0.717) is 24.3 Å². The van der Waals surface area contributed by atoms with E-state index in [1.165, 1.54) is 12.1 Å². The summed E-state index contributed by atoms with van der Waals surface area (Å²) in [5.41, 5.74) is 0.279. The Bertz CT molecular complexity index is 775. The predicted molar refractivity (Wildman–Crippen MR) is 110 cm³/mol.